The van der Waals surface area contributed by atoms with Gasteiger partial charge in [0.15, 0.2) is 0 Å². The molecule has 0 radical (unpaired) electrons. The number of aryl methyl sites for hydroxylation is 1. The van der Waals surface area contributed by atoms with Crippen molar-refractivity contribution in [1.29, 1.82) is 0 Å². The predicted octanol–water partition coefficient (Wildman–Crippen LogP) is 7.05. The monoisotopic (exact) mass is 495 g/mol. The summed E-state index contributed by atoms with van der Waals surface area (Å²) in [7, 11) is 0. The summed E-state index contributed by atoms with van der Waals surface area (Å²) in [6.07, 6.45) is 5.87. The van der Waals surface area contributed by atoms with Crippen LogP contribution in [0.25, 0.3) is 16.6 Å². The van der Waals surface area contributed by atoms with Crippen LogP contribution >= 0.6 is 0 Å². The summed E-state index contributed by atoms with van der Waals surface area (Å²) >= 11 is 0. The number of aromatic nitrogens is 1. The van der Waals surface area contributed by atoms with Gasteiger partial charge >= 0.3 is 5.97 Å². The summed E-state index contributed by atoms with van der Waals surface area (Å²) in [5, 5.41) is 13.9. The fourth-order valence-electron chi connectivity index (χ4n) is 5.54. The van der Waals surface area contributed by atoms with Crippen LogP contribution < -0.4 is 10.2 Å². The number of carbonyl (C=O) groups is 2. The van der Waals surface area contributed by atoms with Crippen molar-refractivity contribution in [3.8, 4) is 5.69 Å². The third-order valence-electron chi connectivity index (χ3n) is 7.39. The molecule has 3 aromatic carbocycles. The Morgan fingerprint density at radius 1 is 0.973 bits per heavy atom. The van der Waals surface area contributed by atoms with E-state index in [9.17, 15) is 14.7 Å². The topological polar surface area (TPSA) is 74.6 Å². The highest BCUT2D eigenvalue weighted by molar-refractivity contribution is 6.09. The highest BCUT2D eigenvalue weighted by atomic mass is 16.4. The second-order valence-corrected chi connectivity index (χ2v) is 9.83. The van der Waals surface area contributed by atoms with Gasteiger partial charge in [-0.25, -0.2) is 4.79 Å². The largest absolute Gasteiger partial charge is 0.477 e. The van der Waals surface area contributed by atoms with Crippen LogP contribution in [0.1, 0.15) is 65.4 Å². The van der Waals surface area contributed by atoms with E-state index in [-0.39, 0.29) is 11.6 Å². The highest BCUT2D eigenvalue weighted by Gasteiger charge is 2.26. The van der Waals surface area contributed by atoms with E-state index < -0.39 is 5.97 Å². The molecule has 1 aromatic heterocycles. The number of nitrogens with zero attached hydrogens (tertiary/aromatic N) is 2. The average molecular weight is 496 g/mol. The number of amides is 1. The summed E-state index contributed by atoms with van der Waals surface area (Å²) in [6, 6.07) is 23.2. The molecule has 4 aromatic rings. The third kappa shape index (κ3) is 4.96. The van der Waals surface area contributed by atoms with Crippen molar-refractivity contribution in [3.05, 3.63) is 89.6 Å². The van der Waals surface area contributed by atoms with Gasteiger partial charge in [0.2, 0.25) is 0 Å². The number of anilines is 2. The van der Waals surface area contributed by atoms with Crippen molar-refractivity contribution >= 4 is 34.2 Å². The first-order chi connectivity index (χ1) is 18.0. The first-order valence-electron chi connectivity index (χ1n) is 13.1. The van der Waals surface area contributed by atoms with Gasteiger partial charge in [0.25, 0.3) is 5.91 Å². The molecule has 2 N–H and O–H groups in total. The van der Waals surface area contributed by atoms with E-state index in [4.69, 9.17) is 0 Å². The van der Waals surface area contributed by atoms with Gasteiger partial charge in [0, 0.05) is 35.0 Å². The molecular weight excluding hydrogens is 462 g/mol. The maximum Gasteiger partial charge on any atom is 0.352 e. The Morgan fingerprint density at radius 3 is 2.41 bits per heavy atom. The average Bonchev–Trinajstić information content (AvgIpc) is 3.31. The number of para-hydroxylation sites is 1. The molecule has 1 aliphatic rings. The minimum atomic E-state index is -1.01. The fraction of sp³-hybridized carbons (Fsp3) is 0.290. The molecule has 6 heteroatoms. The molecule has 0 saturated heterocycles. The maximum atomic E-state index is 13.8. The molecule has 1 aliphatic carbocycles. The lowest BCUT2D eigenvalue weighted by atomic mass is 9.93. The first-order valence-corrected chi connectivity index (χ1v) is 13.1. The van der Waals surface area contributed by atoms with Crippen LogP contribution in [0.5, 0.6) is 0 Å². The zero-order chi connectivity index (χ0) is 25.9. The van der Waals surface area contributed by atoms with Gasteiger partial charge in [-0.05, 0) is 69.2 Å². The van der Waals surface area contributed by atoms with Crippen molar-refractivity contribution < 1.29 is 14.7 Å². The van der Waals surface area contributed by atoms with Crippen LogP contribution in [0.4, 0.5) is 11.4 Å². The molecule has 1 heterocycles. The van der Waals surface area contributed by atoms with Gasteiger partial charge in [-0.2, -0.15) is 0 Å². The number of carboxylic acid groups (broad SMARTS) is 1. The molecule has 37 heavy (non-hydrogen) atoms. The van der Waals surface area contributed by atoms with Gasteiger partial charge < -0.3 is 19.9 Å². The molecule has 5 rings (SSSR count). The second kappa shape index (κ2) is 10.5. The van der Waals surface area contributed by atoms with E-state index in [1.54, 1.807) is 10.6 Å². The summed E-state index contributed by atoms with van der Waals surface area (Å²) < 4.78 is 1.72. The van der Waals surface area contributed by atoms with Crippen LogP contribution in [-0.2, 0) is 0 Å². The van der Waals surface area contributed by atoms with Gasteiger partial charge in [-0.15, -0.1) is 0 Å². The Morgan fingerprint density at radius 2 is 1.70 bits per heavy atom. The standard InChI is InChI=1S/C31H33N3O3/c1-3-33(24-10-5-4-6-11-24)28-18-17-25(20-26(28)30(35)32-23-15-13-21(2)14-16-23)34-27-12-8-7-9-22(27)19-29(34)31(36)37/h7-9,12-20,24H,3-6,10-11H2,1-2H3,(H,32,35)(H,36,37). The predicted molar refractivity (Wildman–Crippen MR) is 149 cm³/mol. The summed E-state index contributed by atoms with van der Waals surface area (Å²) in [5.41, 5.74) is 4.88. The first kappa shape index (κ1) is 24.6. The molecule has 1 saturated carbocycles. The van der Waals surface area contributed by atoms with Crippen LogP contribution in [0, 0.1) is 6.92 Å². The summed E-state index contributed by atoms with van der Waals surface area (Å²) in [6.45, 7) is 4.94. The highest BCUT2D eigenvalue weighted by Crippen LogP contribution is 2.33. The normalized spacial score (nSPS) is 14.0. The lowest BCUT2D eigenvalue weighted by Gasteiger charge is -2.36. The number of carboxylic acids is 1. The number of rotatable bonds is 7. The SMILES string of the molecule is CCN(c1ccc(-n2c(C(=O)O)cc3ccccc32)cc1C(=O)Nc1ccc(C)cc1)C1CCCCC1. The second-order valence-electron chi connectivity index (χ2n) is 9.83. The van der Waals surface area contributed by atoms with Crippen molar-refractivity contribution in [2.24, 2.45) is 0 Å². The lowest BCUT2D eigenvalue weighted by molar-refractivity contribution is 0.0688. The maximum absolute atomic E-state index is 13.8. The van der Waals surface area contributed by atoms with E-state index >= 15 is 0 Å². The molecule has 0 bridgehead atoms. The number of hydrogen-bond acceptors (Lipinski definition) is 3. The van der Waals surface area contributed by atoms with Crippen LogP contribution in [0.15, 0.2) is 72.8 Å². The number of carbonyl (C=O) groups excluding carboxylic acids is 1. The van der Waals surface area contributed by atoms with Crippen molar-refractivity contribution in [2.75, 3.05) is 16.8 Å². The molecule has 0 aliphatic heterocycles. The van der Waals surface area contributed by atoms with Gasteiger partial charge in [0.1, 0.15) is 5.69 Å². The summed E-state index contributed by atoms with van der Waals surface area (Å²) in [4.78, 5) is 28.3. The Bertz CT molecular complexity index is 1430. The Balaban J connectivity index is 1.64. The zero-order valence-electron chi connectivity index (χ0n) is 21.4. The van der Waals surface area contributed by atoms with Crippen LogP contribution in [0.2, 0.25) is 0 Å². The molecule has 0 atom stereocenters. The van der Waals surface area contributed by atoms with Gasteiger partial charge in [0.05, 0.1) is 11.1 Å². The number of fused-ring (bicyclic) bond motifs is 1. The molecule has 190 valence electrons. The molecule has 6 nitrogen and oxygen atoms in total. The molecule has 0 unspecified atom stereocenters. The van der Waals surface area contributed by atoms with Crippen LogP contribution in [-0.4, -0.2) is 34.1 Å². The van der Waals surface area contributed by atoms with Crippen LogP contribution in [0.3, 0.4) is 0 Å². The number of aromatic carboxylic acids is 1. The van der Waals surface area contributed by atoms with Gasteiger partial charge in [-0.3, -0.25) is 4.79 Å². The van der Waals surface area contributed by atoms with Gasteiger partial charge in [-0.1, -0.05) is 55.2 Å². The third-order valence-corrected chi connectivity index (χ3v) is 7.39. The van der Waals surface area contributed by atoms with E-state index in [0.717, 1.165) is 47.2 Å². The quantitative estimate of drug-likeness (QED) is 0.288. The van der Waals surface area contributed by atoms with Crippen molar-refractivity contribution in [2.45, 2.75) is 52.0 Å². The van der Waals surface area contributed by atoms with Crippen molar-refractivity contribution in [1.82, 2.24) is 4.57 Å². The van der Waals surface area contributed by atoms with E-state index in [1.165, 1.54) is 19.3 Å². The molecule has 0 spiro atoms. The number of benzene rings is 3. The van der Waals surface area contributed by atoms with E-state index in [2.05, 4.69) is 17.1 Å². The minimum Gasteiger partial charge on any atom is -0.477 e. The summed E-state index contributed by atoms with van der Waals surface area (Å²) in [5.74, 6) is -1.22. The molecule has 1 amide bonds. The van der Waals surface area contributed by atoms with E-state index in [1.807, 2.05) is 73.7 Å². The molecule has 1 fully saturated rings. The lowest BCUT2D eigenvalue weighted by Crippen LogP contribution is -2.38. The molecular formula is C31H33N3O3. The smallest absolute Gasteiger partial charge is 0.352 e. The Labute approximate surface area is 217 Å². The Hall–Kier alpha value is -4.06. The zero-order valence-corrected chi connectivity index (χ0v) is 21.4. The Kier molecular flexibility index (Phi) is 6.99. The number of nitrogens with one attached hydrogen (secondary N) is 1. The van der Waals surface area contributed by atoms with E-state index in [0.29, 0.717) is 17.3 Å². The van der Waals surface area contributed by atoms with Crippen molar-refractivity contribution in [3.63, 3.8) is 0 Å². The minimum absolute atomic E-state index is 0.165. The fourth-order valence-corrected chi connectivity index (χ4v) is 5.54. The number of hydrogen-bond donors (Lipinski definition) is 2.